The third kappa shape index (κ3) is 1.92. The van der Waals surface area contributed by atoms with Gasteiger partial charge in [-0.2, -0.15) is 11.3 Å². The van der Waals surface area contributed by atoms with E-state index in [9.17, 15) is 4.79 Å². The lowest BCUT2D eigenvalue weighted by Gasteiger charge is -2.03. The van der Waals surface area contributed by atoms with Gasteiger partial charge in [-0.05, 0) is 23.1 Å². The van der Waals surface area contributed by atoms with Gasteiger partial charge in [0, 0.05) is 10.9 Å². The molecule has 1 heterocycles. The highest BCUT2D eigenvalue weighted by Crippen LogP contribution is 2.28. The van der Waals surface area contributed by atoms with Crippen molar-refractivity contribution < 1.29 is 14.6 Å². The van der Waals surface area contributed by atoms with Gasteiger partial charge in [-0.1, -0.05) is 12.1 Å². The highest BCUT2D eigenvalue weighted by atomic mass is 32.1. The first-order chi connectivity index (χ1) is 7.72. The van der Waals surface area contributed by atoms with Crippen molar-refractivity contribution in [2.45, 2.75) is 0 Å². The lowest BCUT2D eigenvalue weighted by Crippen LogP contribution is -1.95. The van der Waals surface area contributed by atoms with Crippen LogP contribution >= 0.6 is 11.3 Å². The molecule has 0 saturated heterocycles. The number of methoxy groups -OCH3 is 1. The molecule has 0 aliphatic carbocycles. The summed E-state index contributed by atoms with van der Waals surface area (Å²) in [7, 11) is 1.60. The van der Waals surface area contributed by atoms with Crippen molar-refractivity contribution in [3.05, 3.63) is 40.6 Å². The second kappa shape index (κ2) is 4.37. The van der Waals surface area contributed by atoms with Crippen LogP contribution in [0.2, 0.25) is 0 Å². The lowest BCUT2D eigenvalue weighted by atomic mass is 10.0. The Morgan fingerprint density at radius 2 is 1.94 bits per heavy atom. The SMILES string of the molecule is COc1ccc(-c2cscc2C(=O)O)cc1. The largest absolute Gasteiger partial charge is 0.497 e. The van der Waals surface area contributed by atoms with Crippen molar-refractivity contribution in [1.82, 2.24) is 0 Å². The Bertz CT molecular complexity index is 499. The molecule has 0 spiro atoms. The van der Waals surface area contributed by atoms with Crippen LogP contribution in [0, 0.1) is 0 Å². The van der Waals surface area contributed by atoms with Gasteiger partial charge in [0.05, 0.1) is 12.7 Å². The second-order valence-corrected chi connectivity index (χ2v) is 3.98. The van der Waals surface area contributed by atoms with E-state index in [0.717, 1.165) is 16.9 Å². The zero-order valence-electron chi connectivity index (χ0n) is 8.64. The van der Waals surface area contributed by atoms with Crippen molar-refractivity contribution >= 4 is 17.3 Å². The van der Waals surface area contributed by atoms with Crippen molar-refractivity contribution in [2.75, 3.05) is 7.11 Å². The average Bonchev–Trinajstić information content (AvgIpc) is 2.78. The Kier molecular flexibility index (Phi) is 2.92. The number of carboxylic acids is 1. The average molecular weight is 234 g/mol. The Balaban J connectivity index is 2.42. The maximum atomic E-state index is 11.0. The highest BCUT2D eigenvalue weighted by Gasteiger charge is 2.12. The number of ether oxygens (including phenoxy) is 1. The van der Waals surface area contributed by atoms with Gasteiger partial charge in [-0.15, -0.1) is 0 Å². The van der Waals surface area contributed by atoms with E-state index in [4.69, 9.17) is 9.84 Å². The van der Waals surface area contributed by atoms with E-state index in [1.54, 1.807) is 12.5 Å². The van der Waals surface area contributed by atoms with Crippen LogP contribution in [0.1, 0.15) is 10.4 Å². The Labute approximate surface area is 96.9 Å². The van der Waals surface area contributed by atoms with E-state index in [0.29, 0.717) is 5.56 Å². The molecule has 4 heteroatoms. The molecule has 82 valence electrons. The van der Waals surface area contributed by atoms with Gasteiger partial charge in [0.25, 0.3) is 0 Å². The maximum absolute atomic E-state index is 11.0. The molecule has 0 bridgehead atoms. The summed E-state index contributed by atoms with van der Waals surface area (Å²) in [6.07, 6.45) is 0. The molecule has 0 aliphatic heterocycles. The van der Waals surface area contributed by atoms with Gasteiger partial charge in [0.2, 0.25) is 0 Å². The Morgan fingerprint density at radius 1 is 1.25 bits per heavy atom. The molecule has 1 N–H and O–H groups in total. The summed E-state index contributed by atoms with van der Waals surface area (Å²) < 4.78 is 5.05. The van der Waals surface area contributed by atoms with Crippen molar-refractivity contribution in [2.24, 2.45) is 0 Å². The summed E-state index contributed by atoms with van der Waals surface area (Å²) in [4.78, 5) is 11.0. The predicted octanol–water partition coefficient (Wildman–Crippen LogP) is 3.12. The van der Waals surface area contributed by atoms with Gasteiger partial charge in [0.15, 0.2) is 0 Å². The van der Waals surface area contributed by atoms with Crippen LogP contribution in [0.4, 0.5) is 0 Å². The fourth-order valence-corrected chi connectivity index (χ4v) is 2.29. The van der Waals surface area contributed by atoms with Crippen LogP contribution in [0.15, 0.2) is 35.0 Å². The third-order valence-corrected chi connectivity index (χ3v) is 3.04. The number of carbonyl (C=O) groups is 1. The van der Waals surface area contributed by atoms with Gasteiger partial charge in [-0.25, -0.2) is 4.79 Å². The predicted molar refractivity (Wildman–Crippen MR) is 63.3 cm³/mol. The molecule has 1 aromatic heterocycles. The first kappa shape index (κ1) is 10.7. The zero-order valence-corrected chi connectivity index (χ0v) is 9.45. The second-order valence-electron chi connectivity index (χ2n) is 3.23. The lowest BCUT2D eigenvalue weighted by molar-refractivity contribution is 0.0698. The van der Waals surface area contributed by atoms with Crippen LogP contribution in [0.25, 0.3) is 11.1 Å². The third-order valence-electron chi connectivity index (χ3n) is 2.29. The minimum absolute atomic E-state index is 0.343. The van der Waals surface area contributed by atoms with Gasteiger partial charge >= 0.3 is 5.97 Å². The Hall–Kier alpha value is -1.81. The molecule has 16 heavy (non-hydrogen) atoms. The molecule has 0 amide bonds. The molecule has 0 fully saturated rings. The van der Waals surface area contributed by atoms with Gasteiger partial charge in [0.1, 0.15) is 5.75 Å². The number of rotatable bonds is 3. The number of benzene rings is 1. The number of thiophene rings is 1. The van der Waals surface area contributed by atoms with E-state index in [1.165, 1.54) is 11.3 Å². The molecule has 0 radical (unpaired) electrons. The van der Waals surface area contributed by atoms with E-state index in [2.05, 4.69) is 0 Å². The summed E-state index contributed by atoms with van der Waals surface area (Å²) in [5.74, 6) is -0.136. The van der Waals surface area contributed by atoms with E-state index >= 15 is 0 Å². The van der Waals surface area contributed by atoms with Crippen LogP contribution < -0.4 is 4.74 Å². The molecule has 0 unspecified atom stereocenters. The number of aromatic carboxylic acids is 1. The smallest absolute Gasteiger partial charge is 0.337 e. The highest BCUT2D eigenvalue weighted by molar-refractivity contribution is 7.08. The number of hydrogen-bond donors (Lipinski definition) is 1. The molecule has 3 nitrogen and oxygen atoms in total. The fraction of sp³-hybridized carbons (Fsp3) is 0.0833. The Morgan fingerprint density at radius 3 is 2.50 bits per heavy atom. The van der Waals surface area contributed by atoms with Crippen LogP contribution in [0.3, 0.4) is 0 Å². The van der Waals surface area contributed by atoms with Crippen LogP contribution in [-0.2, 0) is 0 Å². The normalized spacial score (nSPS) is 10.1. The summed E-state index contributed by atoms with van der Waals surface area (Å²) in [5, 5.41) is 12.5. The standard InChI is InChI=1S/C12H10O3S/c1-15-9-4-2-8(3-5-9)10-6-16-7-11(10)12(13)14/h2-7H,1H3,(H,13,14). The number of carboxylic acid groups (broad SMARTS) is 1. The molecule has 2 rings (SSSR count). The molecule has 0 aliphatic rings. The molecular formula is C12H10O3S. The quantitative estimate of drug-likeness (QED) is 0.887. The van der Waals surface area contributed by atoms with E-state index in [1.807, 2.05) is 29.6 Å². The summed E-state index contributed by atoms with van der Waals surface area (Å²) >= 11 is 1.39. The summed E-state index contributed by atoms with van der Waals surface area (Å²) in [6.45, 7) is 0. The molecule has 1 aromatic carbocycles. The maximum Gasteiger partial charge on any atom is 0.337 e. The summed E-state index contributed by atoms with van der Waals surface area (Å²) in [6, 6.07) is 7.35. The molecule has 0 saturated carbocycles. The first-order valence-electron chi connectivity index (χ1n) is 4.66. The number of hydrogen-bond acceptors (Lipinski definition) is 3. The fourth-order valence-electron chi connectivity index (χ4n) is 1.46. The minimum atomic E-state index is -0.896. The van der Waals surface area contributed by atoms with Crippen LogP contribution in [-0.4, -0.2) is 18.2 Å². The van der Waals surface area contributed by atoms with Gasteiger partial charge < -0.3 is 9.84 Å². The van der Waals surface area contributed by atoms with Gasteiger partial charge in [-0.3, -0.25) is 0 Å². The van der Waals surface area contributed by atoms with E-state index in [-0.39, 0.29) is 0 Å². The topological polar surface area (TPSA) is 46.5 Å². The van der Waals surface area contributed by atoms with Crippen molar-refractivity contribution in [3.8, 4) is 16.9 Å². The van der Waals surface area contributed by atoms with Crippen molar-refractivity contribution in [3.63, 3.8) is 0 Å². The summed E-state index contributed by atoms with van der Waals surface area (Å²) in [5.41, 5.74) is 1.98. The molecule has 2 aromatic rings. The monoisotopic (exact) mass is 234 g/mol. The van der Waals surface area contributed by atoms with Crippen molar-refractivity contribution in [1.29, 1.82) is 0 Å². The van der Waals surface area contributed by atoms with E-state index < -0.39 is 5.97 Å². The molecule has 0 atom stereocenters. The molecular weight excluding hydrogens is 224 g/mol. The minimum Gasteiger partial charge on any atom is -0.497 e. The van der Waals surface area contributed by atoms with Crippen LogP contribution in [0.5, 0.6) is 5.75 Å². The zero-order chi connectivity index (χ0) is 11.5. The first-order valence-corrected chi connectivity index (χ1v) is 5.60.